The van der Waals surface area contributed by atoms with Crippen LogP contribution in [0, 0.1) is 17.8 Å². The van der Waals surface area contributed by atoms with Gasteiger partial charge in [0.2, 0.25) is 0 Å². The van der Waals surface area contributed by atoms with Crippen molar-refractivity contribution >= 4 is 23.7 Å². The van der Waals surface area contributed by atoms with Crippen LogP contribution in [0.5, 0.6) is 0 Å². The number of carbonyl (C=O) groups excluding carboxylic acids is 1. The number of epoxide rings is 1. The van der Waals surface area contributed by atoms with Gasteiger partial charge in [0.25, 0.3) is 0 Å². The molecule has 2 aliphatic carbocycles. The molecule has 2 aliphatic heterocycles. The Morgan fingerprint density at radius 1 is 1.03 bits per heavy atom. The zero-order chi connectivity index (χ0) is 22.1. The van der Waals surface area contributed by atoms with E-state index in [1.807, 2.05) is 60.7 Å². The zero-order valence-electron chi connectivity index (χ0n) is 18.6. The quantitative estimate of drug-likeness (QED) is 0.300. The van der Waals surface area contributed by atoms with E-state index >= 15 is 0 Å². The Balaban J connectivity index is 1.39. The van der Waals surface area contributed by atoms with Crippen molar-refractivity contribution in [3.05, 3.63) is 72.3 Å². The number of esters is 1. The highest BCUT2D eigenvalue weighted by Gasteiger charge is 2.76. The standard InChI is InChI=1S/C27H29O4P/c1-18-13-16-27-23(18)24-21(14-15-26(27,2)31-27)22(25(28)30-24)17-32(29,19-9-5-3-6-10-19)20-11-7-4-8-12-20/h3-13,21-24H,14-17H2,1-2H3/t21-,22-,23+,24-,26-,27+/m0/s1. The van der Waals surface area contributed by atoms with Gasteiger partial charge in [-0.1, -0.05) is 72.3 Å². The maximum atomic E-state index is 14.7. The summed E-state index contributed by atoms with van der Waals surface area (Å²) in [7, 11) is -3.00. The molecule has 2 heterocycles. The number of fused-ring (bicyclic) bond motifs is 2. The van der Waals surface area contributed by atoms with E-state index in [-0.39, 0.29) is 41.0 Å². The van der Waals surface area contributed by atoms with E-state index in [4.69, 9.17) is 9.47 Å². The Bertz CT molecular complexity index is 1100. The van der Waals surface area contributed by atoms with Gasteiger partial charge in [0.1, 0.15) is 18.8 Å². The van der Waals surface area contributed by atoms with Gasteiger partial charge in [0, 0.05) is 28.6 Å². The van der Waals surface area contributed by atoms with Crippen LogP contribution in [0.15, 0.2) is 72.3 Å². The Labute approximate surface area is 189 Å². The van der Waals surface area contributed by atoms with Gasteiger partial charge in [-0.05, 0) is 33.1 Å². The van der Waals surface area contributed by atoms with Crippen molar-refractivity contribution in [2.24, 2.45) is 17.8 Å². The lowest BCUT2D eigenvalue weighted by molar-refractivity contribution is -0.145. The summed E-state index contributed by atoms with van der Waals surface area (Å²) in [6.07, 6.45) is 5.08. The molecule has 0 amide bonds. The van der Waals surface area contributed by atoms with Crippen molar-refractivity contribution < 1.29 is 18.8 Å². The Hall–Kier alpha value is -2.16. The van der Waals surface area contributed by atoms with Crippen molar-refractivity contribution in [3.63, 3.8) is 0 Å². The van der Waals surface area contributed by atoms with Crippen molar-refractivity contribution in [1.82, 2.24) is 0 Å². The maximum absolute atomic E-state index is 14.7. The third-order valence-corrected chi connectivity index (χ3v) is 11.7. The normalized spacial score (nSPS) is 37.6. The van der Waals surface area contributed by atoms with Gasteiger partial charge < -0.3 is 14.0 Å². The fourth-order valence-electron chi connectivity index (χ4n) is 6.77. The van der Waals surface area contributed by atoms with Gasteiger partial charge >= 0.3 is 5.97 Å². The number of hydrogen-bond donors (Lipinski definition) is 0. The first-order chi connectivity index (χ1) is 15.4. The van der Waals surface area contributed by atoms with Crippen LogP contribution in [-0.4, -0.2) is 29.4 Å². The lowest BCUT2D eigenvalue weighted by Gasteiger charge is -2.29. The van der Waals surface area contributed by atoms with Crippen molar-refractivity contribution in [3.8, 4) is 0 Å². The van der Waals surface area contributed by atoms with Gasteiger partial charge in [-0.3, -0.25) is 4.79 Å². The highest BCUT2D eigenvalue weighted by Crippen LogP contribution is 2.67. The second-order valence-electron chi connectivity index (χ2n) is 10.2. The summed E-state index contributed by atoms with van der Waals surface area (Å²) >= 11 is 0. The number of rotatable bonds is 4. The second kappa shape index (κ2) is 6.92. The first kappa shape index (κ1) is 20.4. The largest absolute Gasteiger partial charge is 0.461 e. The predicted molar refractivity (Wildman–Crippen MR) is 125 cm³/mol. The molecule has 3 fully saturated rings. The van der Waals surface area contributed by atoms with Crippen LogP contribution in [0.4, 0.5) is 0 Å². The van der Waals surface area contributed by atoms with Crippen LogP contribution in [0.2, 0.25) is 0 Å². The number of benzene rings is 2. The number of carbonyl (C=O) groups is 1. The summed E-state index contributed by atoms with van der Waals surface area (Å²) in [4.78, 5) is 13.3. The van der Waals surface area contributed by atoms with Crippen molar-refractivity contribution in [2.75, 3.05) is 6.16 Å². The highest BCUT2D eigenvalue weighted by atomic mass is 31.2. The molecule has 2 aromatic carbocycles. The van der Waals surface area contributed by atoms with Crippen LogP contribution >= 0.6 is 7.14 Å². The van der Waals surface area contributed by atoms with Gasteiger partial charge in [-0.15, -0.1) is 0 Å². The summed E-state index contributed by atoms with van der Waals surface area (Å²) in [5, 5.41) is 1.62. The van der Waals surface area contributed by atoms with E-state index in [1.54, 1.807) is 0 Å². The Morgan fingerprint density at radius 3 is 2.28 bits per heavy atom. The fraction of sp³-hybridized carbons (Fsp3) is 0.444. The molecular weight excluding hydrogens is 419 g/mol. The molecule has 0 unspecified atom stereocenters. The van der Waals surface area contributed by atoms with E-state index in [0.29, 0.717) is 6.16 Å². The third kappa shape index (κ3) is 2.72. The molecule has 6 rings (SSSR count). The van der Waals surface area contributed by atoms with E-state index in [1.165, 1.54) is 5.57 Å². The number of ether oxygens (including phenoxy) is 2. The van der Waals surface area contributed by atoms with Crippen LogP contribution in [-0.2, 0) is 18.8 Å². The van der Waals surface area contributed by atoms with Crippen molar-refractivity contribution in [2.45, 2.75) is 50.4 Å². The minimum Gasteiger partial charge on any atom is -0.461 e. The molecule has 0 aromatic heterocycles. The third-order valence-electron chi connectivity index (χ3n) is 8.56. The SMILES string of the molecule is CC1=CC[C@]23O[C@@]2(C)CC[C@@H]2[C@H](OC(=O)[C@H]2CP(=O)(c2ccccc2)c2ccccc2)[C@@H]13. The minimum absolute atomic E-state index is 0.0693. The van der Waals surface area contributed by atoms with E-state index in [0.717, 1.165) is 29.9 Å². The smallest absolute Gasteiger partial charge is 0.310 e. The van der Waals surface area contributed by atoms with Crippen molar-refractivity contribution in [1.29, 1.82) is 0 Å². The van der Waals surface area contributed by atoms with E-state index < -0.39 is 7.14 Å². The first-order valence-electron chi connectivity index (χ1n) is 11.7. The topological polar surface area (TPSA) is 55.9 Å². The molecule has 0 N–H and O–H groups in total. The highest BCUT2D eigenvalue weighted by molar-refractivity contribution is 7.78. The number of hydrogen-bond acceptors (Lipinski definition) is 4. The summed E-state index contributed by atoms with van der Waals surface area (Å²) < 4.78 is 27.1. The molecule has 4 aliphatic rings. The molecule has 166 valence electrons. The molecule has 1 saturated carbocycles. The van der Waals surface area contributed by atoms with Crippen LogP contribution in [0.1, 0.15) is 33.1 Å². The predicted octanol–water partition coefficient (Wildman–Crippen LogP) is 4.45. The average Bonchev–Trinajstić information content (AvgIpc) is 3.13. The summed E-state index contributed by atoms with van der Waals surface area (Å²) in [6.45, 7) is 4.35. The van der Waals surface area contributed by atoms with Gasteiger partial charge in [0.15, 0.2) is 0 Å². The van der Waals surface area contributed by atoms with Crippen LogP contribution in [0.3, 0.4) is 0 Å². The summed E-state index contributed by atoms with van der Waals surface area (Å²) in [5.41, 5.74) is 0.915. The lowest BCUT2D eigenvalue weighted by atomic mass is 9.77. The van der Waals surface area contributed by atoms with Crippen LogP contribution < -0.4 is 10.6 Å². The molecule has 6 atom stereocenters. The van der Waals surface area contributed by atoms with E-state index in [9.17, 15) is 9.36 Å². The van der Waals surface area contributed by atoms with Crippen LogP contribution in [0.25, 0.3) is 0 Å². The molecule has 32 heavy (non-hydrogen) atoms. The monoisotopic (exact) mass is 448 g/mol. The molecule has 4 nitrogen and oxygen atoms in total. The lowest BCUT2D eigenvalue weighted by Crippen LogP contribution is -2.37. The first-order valence-corrected chi connectivity index (χ1v) is 13.5. The maximum Gasteiger partial charge on any atom is 0.310 e. The molecule has 0 bridgehead atoms. The second-order valence-corrected chi connectivity index (χ2v) is 13.0. The molecule has 2 aromatic rings. The molecular formula is C27H29O4P. The Morgan fingerprint density at radius 2 is 1.66 bits per heavy atom. The minimum atomic E-state index is -3.00. The van der Waals surface area contributed by atoms with Gasteiger partial charge in [-0.2, -0.15) is 0 Å². The summed E-state index contributed by atoms with van der Waals surface area (Å²) in [5.74, 6) is -0.370. The molecule has 0 radical (unpaired) electrons. The Kier molecular flexibility index (Phi) is 4.42. The molecule has 2 saturated heterocycles. The molecule has 1 spiro atoms. The zero-order valence-corrected chi connectivity index (χ0v) is 19.5. The fourth-order valence-corrected chi connectivity index (χ4v) is 9.77. The summed E-state index contributed by atoms with van der Waals surface area (Å²) in [6, 6.07) is 19.3. The molecule has 5 heteroatoms. The van der Waals surface area contributed by atoms with Gasteiger partial charge in [0.05, 0.1) is 11.5 Å². The van der Waals surface area contributed by atoms with E-state index in [2.05, 4.69) is 19.9 Å². The van der Waals surface area contributed by atoms with Gasteiger partial charge in [-0.25, -0.2) is 0 Å². The average molecular weight is 448 g/mol.